The second kappa shape index (κ2) is 11.1. The largest absolute Gasteiger partial charge is 0.351 e. The normalized spacial score (nSPS) is 13.5. The fourth-order valence-corrected chi connectivity index (χ4v) is 4.23. The maximum atomic E-state index is 14.5. The molecular weight excluding hydrogens is 472 g/mol. The first-order valence-electron chi connectivity index (χ1n) is 11.6. The van der Waals surface area contributed by atoms with E-state index < -0.39 is 11.6 Å². The number of anilines is 1. The van der Waals surface area contributed by atoms with Crippen molar-refractivity contribution >= 4 is 23.3 Å². The molecule has 0 aliphatic carbocycles. The van der Waals surface area contributed by atoms with E-state index in [9.17, 15) is 13.6 Å². The molecule has 1 aromatic heterocycles. The van der Waals surface area contributed by atoms with Gasteiger partial charge < -0.3 is 15.1 Å². The molecule has 35 heavy (non-hydrogen) atoms. The van der Waals surface area contributed by atoms with E-state index in [1.165, 1.54) is 0 Å². The van der Waals surface area contributed by atoms with Gasteiger partial charge in [-0.15, -0.1) is 0 Å². The molecule has 184 valence electrons. The van der Waals surface area contributed by atoms with Crippen LogP contribution < -0.4 is 10.2 Å². The van der Waals surface area contributed by atoms with Crippen LogP contribution in [0.25, 0.3) is 11.3 Å². The van der Waals surface area contributed by atoms with Crippen molar-refractivity contribution in [1.29, 1.82) is 0 Å². The van der Waals surface area contributed by atoms with Gasteiger partial charge in [0.1, 0.15) is 11.6 Å². The molecule has 1 aliphatic heterocycles. The molecule has 4 rings (SSSR count). The number of halogens is 3. The van der Waals surface area contributed by atoms with Gasteiger partial charge in [-0.2, -0.15) is 0 Å². The molecule has 2 aromatic carbocycles. The Kier molecular flexibility index (Phi) is 7.93. The summed E-state index contributed by atoms with van der Waals surface area (Å²) in [6.45, 7) is 2.05. The highest BCUT2D eigenvalue weighted by Crippen LogP contribution is 2.31. The standard InChI is InChI=1S/C26H28ClF2N5O/c1-33(2)14-12-30-26(35)18-8-6-17(7-9-18)23-15-31-22-5-3-4-13-34(25(22)32-23)16-19-20(28)10-11-21(29)24(19)27/h6-11,15H,3-5,12-14,16H2,1-2H3,(H,30,35). The predicted octanol–water partition coefficient (Wildman–Crippen LogP) is 4.71. The number of aryl methyl sites for hydroxylation is 1. The number of carbonyl (C=O) groups excluding carboxylic acids is 1. The zero-order valence-electron chi connectivity index (χ0n) is 19.8. The molecule has 9 heteroatoms. The molecule has 0 saturated heterocycles. The Hall–Kier alpha value is -3.10. The number of nitrogens with one attached hydrogen (secondary N) is 1. The van der Waals surface area contributed by atoms with E-state index in [1.54, 1.807) is 18.3 Å². The van der Waals surface area contributed by atoms with Crippen LogP contribution in [0.5, 0.6) is 0 Å². The highest BCUT2D eigenvalue weighted by atomic mass is 35.5. The average Bonchev–Trinajstić information content (AvgIpc) is 3.05. The molecule has 3 aromatic rings. The van der Waals surface area contributed by atoms with Crippen LogP contribution in [0.2, 0.25) is 5.02 Å². The summed E-state index contributed by atoms with van der Waals surface area (Å²) in [7, 11) is 3.90. The summed E-state index contributed by atoms with van der Waals surface area (Å²) in [5.74, 6) is -0.689. The summed E-state index contributed by atoms with van der Waals surface area (Å²) in [4.78, 5) is 25.8. The van der Waals surface area contributed by atoms with Crippen LogP contribution in [0.15, 0.2) is 42.6 Å². The van der Waals surface area contributed by atoms with Gasteiger partial charge in [0.25, 0.3) is 5.91 Å². The van der Waals surface area contributed by atoms with E-state index in [0.29, 0.717) is 30.2 Å². The minimum absolute atomic E-state index is 0.0968. The van der Waals surface area contributed by atoms with E-state index >= 15 is 0 Å². The smallest absolute Gasteiger partial charge is 0.251 e. The maximum Gasteiger partial charge on any atom is 0.251 e. The lowest BCUT2D eigenvalue weighted by Gasteiger charge is -2.24. The first kappa shape index (κ1) is 25.0. The van der Waals surface area contributed by atoms with Crippen LogP contribution >= 0.6 is 11.6 Å². The Morgan fingerprint density at radius 2 is 1.86 bits per heavy atom. The molecule has 1 amide bonds. The summed E-state index contributed by atoms with van der Waals surface area (Å²) >= 11 is 6.09. The molecule has 0 atom stereocenters. The maximum absolute atomic E-state index is 14.5. The van der Waals surface area contributed by atoms with E-state index in [0.717, 1.165) is 49.2 Å². The van der Waals surface area contributed by atoms with Gasteiger partial charge in [0.15, 0.2) is 5.82 Å². The topological polar surface area (TPSA) is 61.4 Å². The summed E-state index contributed by atoms with van der Waals surface area (Å²) in [5.41, 5.74) is 2.94. The zero-order chi connectivity index (χ0) is 24.9. The van der Waals surface area contributed by atoms with Crippen LogP contribution in [0.3, 0.4) is 0 Å². The molecule has 1 aliphatic rings. The number of amides is 1. The van der Waals surface area contributed by atoms with Crippen molar-refractivity contribution in [2.45, 2.75) is 25.8 Å². The first-order valence-corrected chi connectivity index (χ1v) is 12.0. The van der Waals surface area contributed by atoms with Crippen molar-refractivity contribution in [3.05, 3.63) is 76.1 Å². The lowest BCUT2D eigenvalue weighted by atomic mass is 10.1. The third-order valence-corrected chi connectivity index (χ3v) is 6.40. The van der Waals surface area contributed by atoms with Crippen molar-refractivity contribution < 1.29 is 13.6 Å². The van der Waals surface area contributed by atoms with Gasteiger partial charge >= 0.3 is 0 Å². The number of benzene rings is 2. The second-order valence-electron chi connectivity index (χ2n) is 8.86. The van der Waals surface area contributed by atoms with Crippen molar-refractivity contribution in [2.24, 2.45) is 0 Å². The van der Waals surface area contributed by atoms with Crippen LogP contribution in [-0.2, 0) is 13.0 Å². The fourth-order valence-electron chi connectivity index (χ4n) is 4.02. The van der Waals surface area contributed by atoms with Gasteiger partial charge in [-0.25, -0.2) is 13.8 Å². The Morgan fingerprint density at radius 3 is 2.60 bits per heavy atom. The van der Waals surface area contributed by atoms with Crippen molar-refractivity contribution in [2.75, 3.05) is 38.6 Å². The molecule has 0 unspecified atom stereocenters. The summed E-state index contributed by atoms with van der Waals surface area (Å²) in [6.07, 6.45) is 4.27. The van der Waals surface area contributed by atoms with Gasteiger partial charge in [0.05, 0.1) is 22.6 Å². The highest BCUT2D eigenvalue weighted by molar-refractivity contribution is 6.31. The van der Waals surface area contributed by atoms with Gasteiger partial charge in [0.2, 0.25) is 0 Å². The lowest BCUT2D eigenvalue weighted by Crippen LogP contribution is -2.31. The van der Waals surface area contributed by atoms with E-state index in [1.807, 2.05) is 36.0 Å². The minimum Gasteiger partial charge on any atom is -0.351 e. The number of hydrogen-bond acceptors (Lipinski definition) is 5. The van der Waals surface area contributed by atoms with E-state index in [4.69, 9.17) is 16.6 Å². The van der Waals surface area contributed by atoms with Gasteiger partial charge in [-0.3, -0.25) is 9.78 Å². The SMILES string of the molecule is CN(C)CCNC(=O)c1ccc(-c2cnc3c(n2)N(Cc2c(F)ccc(F)c2Cl)CCCC3)cc1. The molecule has 0 bridgehead atoms. The number of hydrogen-bond donors (Lipinski definition) is 1. The number of carbonyl (C=O) groups is 1. The van der Waals surface area contributed by atoms with Crippen molar-refractivity contribution in [3.8, 4) is 11.3 Å². The minimum atomic E-state index is -0.649. The number of aromatic nitrogens is 2. The lowest BCUT2D eigenvalue weighted by molar-refractivity contribution is 0.0951. The Morgan fingerprint density at radius 1 is 1.11 bits per heavy atom. The number of fused-ring (bicyclic) bond motifs is 1. The molecule has 6 nitrogen and oxygen atoms in total. The molecule has 0 fully saturated rings. The quantitative estimate of drug-likeness (QED) is 0.477. The van der Waals surface area contributed by atoms with Crippen LogP contribution in [0.1, 0.15) is 34.5 Å². The first-order chi connectivity index (χ1) is 16.8. The third-order valence-electron chi connectivity index (χ3n) is 5.99. The summed E-state index contributed by atoms with van der Waals surface area (Å²) in [6, 6.07) is 9.31. The van der Waals surface area contributed by atoms with Crippen molar-refractivity contribution in [3.63, 3.8) is 0 Å². The van der Waals surface area contributed by atoms with Gasteiger partial charge in [-0.1, -0.05) is 23.7 Å². The van der Waals surface area contributed by atoms with Gasteiger partial charge in [-0.05, 0) is 57.6 Å². The van der Waals surface area contributed by atoms with E-state index in [2.05, 4.69) is 10.3 Å². The van der Waals surface area contributed by atoms with E-state index in [-0.39, 0.29) is 23.0 Å². The zero-order valence-corrected chi connectivity index (χ0v) is 20.6. The van der Waals surface area contributed by atoms with Crippen LogP contribution in [0.4, 0.5) is 14.6 Å². The molecule has 2 heterocycles. The fraction of sp³-hybridized carbons (Fsp3) is 0.346. The van der Waals surface area contributed by atoms with Crippen LogP contribution in [-0.4, -0.2) is 54.5 Å². The summed E-state index contributed by atoms with van der Waals surface area (Å²) in [5, 5.41) is 2.69. The number of nitrogens with zero attached hydrogens (tertiary/aromatic N) is 4. The number of likely N-dealkylation sites (N-methyl/N-ethyl adjacent to an activating group) is 1. The molecular formula is C26H28ClF2N5O. The Balaban J connectivity index is 1.58. The molecule has 0 radical (unpaired) electrons. The van der Waals surface area contributed by atoms with Gasteiger partial charge in [0, 0.05) is 42.9 Å². The molecule has 1 N–H and O–H groups in total. The second-order valence-corrected chi connectivity index (χ2v) is 9.24. The van der Waals surface area contributed by atoms with Crippen molar-refractivity contribution in [1.82, 2.24) is 20.2 Å². The third kappa shape index (κ3) is 5.94. The Labute approximate surface area is 208 Å². The molecule has 0 spiro atoms. The Bertz CT molecular complexity index is 1200. The average molecular weight is 500 g/mol. The van der Waals surface area contributed by atoms with Crippen LogP contribution in [0, 0.1) is 11.6 Å². The highest BCUT2D eigenvalue weighted by Gasteiger charge is 2.22. The number of rotatable bonds is 7. The molecule has 0 saturated carbocycles. The monoisotopic (exact) mass is 499 g/mol. The predicted molar refractivity (Wildman–Crippen MR) is 134 cm³/mol. The summed E-state index contributed by atoms with van der Waals surface area (Å²) < 4.78 is 28.5.